The van der Waals surface area contributed by atoms with Crippen LogP contribution in [-0.4, -0.2) is 44.9 Å². The van der Waals surface area contributed by atoms with Gasteiger partial charge in [0.1, 0.15) is 17.4 Å². The van der Waals surface area contributed by atoms with E-state index in [2.05, 4.69) is 25.4 Å². The molecular weight excluding hydrogens is 409 g/mol. The summed E-state index contributed by atoms with van der Waals surface area (Å²) in [6.07, 6.45) is 7.77. The molecule has 1 saturated heterocycles. The molecule has 9 heteroatoms. The maximum atomic E-state index is 14.3. The van der Waals surface area contributed by atoms with E-state index >= 15 is 0 Å². The van der Waals surface area contributed by atoms with Crippen molar-refractivity contribution in [3.8, 4) is 34.2 Å². The van der Waals surface area contributed by atoms with Crippen molar-refractivity contribution in [2.24, 2.45) is 0 Å². The van der Waals surface area contributed by atoms with Gasteiger partial charge in [-0.1, -0.05) is 12.1 Å². The van der Waals surface area contributed by atoms with Crippen LogP contribution in [0.1, 0.15) is 12.8 Å². The molecule has 8 nitrogen and oxygen atoms in total. The molecule has 1 aromatic carbocycles. The minimum atomic E-state index is -0.453. The van der Waals surface area contributed by atoms with E-state index in [0.717, 1.165) is 5.56 Å². The fourth-order valence-corrected chi connectivity index (χ4v) is 3.30. The molecule has 3 aromatic heterocycles. The van der Waals surface area contributed by atoms with Crippen LogP contribution in [-0.2, 0) is 0 Å². The number of methoxy groups -OCH3 is 1. The number of nitrogens with two attached hydrogens (primary N) is 1. The minimum absolute atomic E-state index is 0.215. The second-order valence-electron chi connectivity index (χ2n) is 7.13. The van der Waals surface area contributed by atoms with Gasteiger partial charge >= 0.3 is 0 Å². The Bertz CT molecular complexity index is 1180. The normalized spacial score (nSPS) is 12.8. The van der Waals surface area contributed by atoms with Gasteiger partial charge in [0, 0.05) is 18.0 Å². The summed E-state index contributed by atoms with van der Waals surface area (Å²) < 4.78 is 21.2. The quantitative estimate of drug-likeness (QED) is 0.508. The summed E-state index contributed by atoms with van der Waals surface area (Å²) in [5.74, 6) is 1.14. The largest absolute Gasteiger partial charge is 0.496 e. The summed E-state index contributed by atoms with van der Waals surface area (Å²) in [6.45, 7) is 2.50. The molecule has 0 unspecified atom stereocenters. The molecular formula is C23H24FN7O. The molecule has 1 fully saturated rings. The first-order valence-electron chi connectivity index (χ1n) is 10.3. The lowest BCUT2D eigenvalue weighted by Crippen LogP contribution is -2.03. The zero-order chi connectivity index (χ0) is 22.3. The summed E-state index contributed by atoms with van der Waals surface area (Å²) in [4.78, 5) is 12.9. The van der Waals surface area contributed by atoms with Gasteiger partial charge in [-0.25, -0.2) is 24.0 Å². The van der Waals surface area contributed by atoms with Gasteiger partial charge in [-0.15, -0.1) is 0 Å². The van der Waals surface area contributed by atoms with Gasteiger partial charge in [-0.2, -0.15) is 5.10 Å². The molecule has 0 atom stereocenters. The van der Waals surface area contributed by atoms with Crippen molar-refractivity contribution in [1.82, 2.24) is 30.0 Å². The van der Waals surface area contributed by atoms with Crippen molar-refractivity contribution >= 4 is 5.82 Å². The van der Waals surface area contributed by atoms with Gasteiger partial charge in [0.2, 0.25) is 0 Å². The predicted octanol–water partition coefficient (Wildman–Crippen LogP) is 3.49. The smallest absolute Gasteiger partial charge is 0.166 e. The number of hydrogen-bond donors (Lipinski definition) is 2. The Morgan fingerprint density at radius 2 is 1.88 bits per heavy atom. The summed E-state index contributed by atoms with van der Waals surface area (Å²) in [5, 5.41) is 7.52. The second-order valence-corrected chi connectivity index (χ2v) is 7.13. The SMILES string of the molecule is C1CCNC1.COc1cccc(F)c1-c1nccc(-c2cnn(-c3cccc(N)n3)c2)n1. The molecule has 4 heterocycles. The first-order valence-corrected chi connectivity index (χ1v) is 10.3. The highest BCUT2D eigenvalue weighted by Gasteiger charge is 2.16. The molecule has 164 valence electrons. The van der Waals surface area contributed by atoms with Crippen molar-refractivity contribution in [2.45, 2.75) is 12.8 Å². The number of anilines is 1. The summed E-state index contributed by atoms with van der Waals surface area (Å²) >= 11 is 0. The number of hydrogen-bond acceptors (Lipinski definition) is 7. The lowest BCUT2D eigenvalue weighted by molar-refractivity contribution is 0.413. The topological polar surface area (TPSA) is 104 Å². The Morgan fingerprint density at radius 3 is 2.59 bits per heavy atom. The summed E-state index contributed by atoms with van der Waals surface area (Å²) in [5.41, 5.74) is 7.27. The zero-order valence-corrected chi connectivity index (χ0v) is 17.7. The first kappa shape index (κ1) is 21.4. The number of nitrogens with one attached hydrogen (secondary N) is 1. The highest BCUT2D eigenvalue weighted by Crippen LogP contribution is 2.31. The first-order chi connectivity index (χ1) is 15.7. The van der Waals surface area contributed by atoms with Gasteiger partial charge < -0.3 is 15.8 Å². The average Bonchev–Trinajstić information content (AvgIpc) is 3.54. The molecule has 4 aromatic rings. The predicted molar refractivity (Wildman–Crippen MR) is 121 cm³/mol. The fraction of sp³-hybridized carbons (Fsp3) is 0.217. The van der Waals surface area contributed by atoms with Crippen LogP contribution < -0.4 is 15.8 Å². The standard InChI is InChI=1S/C19H15FN6O.C4H9N/c1-27-15-5-2-4-13(20)18(15)19-22-9-8-14(24-19)12-10-23-26(11-12)17-7-3-6-16(21)25-17;1-2-4-5-3-1/h2-11H,1H3,(H2,21,25);5H,1-4H2. The van der Waals surface area contributed by atoms with Crippen molar-refractivity contribution in [1.29, 1.82) is 0 Å². The van der Waals surface area contributed by atoms with E-state index < -0.39 is 5.82 Å². The molecule has 0 radical (unpaired) electrons. The van der Waals surface area contributed by atoms with Crippen LogP contribution >= 0.6 is 0 Å². The number of pyridine rings is 1. The van der Waals surface area contributed by atoms with Crippen LogP contribution in [0.2, 0.25) is 0 Å². The Kier molecular flexibility index (Phi) is 6.66. The molecule has 1 aliphatic rings. The highest BCUT2D eigenvalue weighted by atomic mass is 19.1. The van der Waals surface area contributed by atoms with E-state index in [0.29, 0.717) is 23.1 Å². The minimum Gasteiger partial charge on any atom is -0.496 e. The van der Waals surface area contributed by atoms with Crippen LogP contribution in [0.15, 0.2) is 61.1 Å². The highest BCUT2D eigenvalue weighted by molar-refractivity contribution is 5.68. The van der Waals surface area contributed by atoms with Crippen LogP contribution in [0, 0.1) is 5.82 Å². The van der Waals surface area contributed by atoms with E-state index in [9.17, 15) is 4.39 Å². The van der Waals surface area contributed by atoms with Gasteiger partial charge in [-0.3, -0.25) is 0 Å². The maximum absolute atomic E-state index is 14.3. The van der Waals surface area contributed by atoms with Crippen LogP contribution in [0.4, 0.5) is 10.2 Å². The van der Waals surface area contributed by atoms with Crippen molar-refractivity contribution < 1.29 is 9.13 Å². The third-order valence-electron chi connectivity index (χ3n) is 4.90. The Hall–Kier alpha value is -3.85. The molecule has 3 N–H and O–H groups in total. The zero-order valence-electron chi connectivity index (χ0n) is 17.7. The molecule has 0 bridgehead atoms. The number of nitrogen functional groups attached to an aromatic ring is 1. The lowest BCUT2D eigenvalue weighted by Gasteiger charge is -2.08. The molecule has 1 aliphatic heterocycles. The Labute approximate surface area is 185 Å². The lowest BCUT2D eigenvalue weighted by atomic mass is 10.1. The average molecular weight is 433 g/mol. The van der Waals surface area contributed by atoms with E-state index in [-0.39, 0.29) is 11.4 Å². The number of nitrogens with zero attached hydrogens (tertiary/aromatic N) is 5. The summed E-state index contributed by atoms with van der Waals surface area (Å²) in [6, 6.07) is 11.6. The number of aromatic nitrogens is 5. The van der Waals surface area contributed by atoms with Crippen LogP contribution in [0.3, 0.4) is 0 Å². The van der Waals surface area contributed by atoms with E-state index in [4.69, 9.17) is 10.5 Å². The molecule has 0 amide bonds. The van der Waals surface area contributed by atoms with Crippen molar-refractivity contribution in [3.05, 3.63) is 66.9 Å². The number of rotatable bonds is 4. The van der Waals surface area contributed by atoms with Gasteiger partial charge in [0.15, 0.2) is 11.6 Å². The molecule has 0 saturated carbocycles. The van der Waals surface area contributed by atoms with Gasteiger partial charge in [-0.05, 0) is 56.3 Å². The Balaban J connectivity index is 0.000000433. The molecule has 0 spiro atoms. The van der Waals surface area contributed by atoms with Crippen molar-refractivity contribution in [3.63, 3.8) is 0 Å². The van der Waals surface area contributed by atoms with E-state index in [1.807, 2.05) is 0 Å². The number of ether oxygens (including phenoxy) is 1. The molecule has 32 heavy (non-hydrogen) atoms. The number of benzene rings is 1. The third kappa shape index (κ3) is 4.89. The summed E-state index contributed by atoms with van der Waals surface area (Å²) in [7, 11) is 1.48. The number of halogens is 1. The second kappa shape index (κ2) is 9.97. The van der Waals surface area contributed by atoms with Crippen LogP contribution in [0.25, 0.3) is 28.5 Å². The third-order valence-corrected chi connectivity index (χ3v) is 4.90. The fourth-order valence-electron chi connectivity index (χ4n) is 3.30. The van der Waals surface area contributed by atoms with E-state index in [1.165, 1.54) is 39.1 Å². The van der Waals surface area contributed by atoms with Crippen LogP contribution in [0.5, 0.6) is 5.75 Å². The monoisotopic (exact) mass is 433 g/mol. The van der Waals surface area contributed by atoms with Crippen molar-refractivity contribution in [2.75, 3.05) is 25.9 Å². The molecule has 0 aliphatic carbocycles. The van der Waals surface area contributed by atoms with Gasteiger partial charge in [0.25, 0.3) is 0 Å². The maximum Gasteiger partial charge on any atom is 0.166 e. The van der Waals surface area contributed by atoms with E-state index in [1.54, 1.807) is 59.7 Å². The van der Waals surface area contributed by atoms with Gasteiger partial charge in [0.05, 0.1) is 24.6 Å². The Morgan fingerprint density at radius 1 is 1.06 bits per heavy atom. The molecule has 5 rings (SSSR count).